The fourth-order valence-corrected chi connectivity index (χ4v) is 6.20. The van der Waals surface area contributed by atoms with Crippen molar-refractivity contribution in [2.75, 3.05) is 10.6 Å². The second-order valence-electron chi connectivity index (χ2n) is 9.12. The van der Waals surface area contributed by atoms with Crippen LogP contribution in [0, 0.1) is 34.6 Å². The van der Waals surface area contributed by atoms with E-state index in [1.165, 1.54) is 0 Å². The van der Waals surface area contributed by atoms with Gasteiger partial charge in [-0.05, 0) is 58.2 Å². The van der Waals surface area contributed by atoms with Gasteiger partial charge in [0.25, 0.3) is 0 Å². The summed E-state index contributed by atoms with van der Waals surface area (Å²) in [4.78, 5) is 24.0. The number of carbonyl (C=O) groups excluding carboxylic acids is 1. The van der Waals surface area contributed by atoms with Crippen molar-refractivity contribution in [3.05, 3.63) is 69.2 Å². The highest BCUT2D eigenvalue weighted by molar-refractivity contribution is 7.88. The average Bonchev–Trinajstić information content (AvgIpc) is 3.39. The largest absolute Gasteiger partial charge is 0.381 e. The van der Waals surface area contributed by atoms with Gasteiger partial charge in [0.2, 0.25) is 5.91 Å². The van der Waals surface area contributed by atoms with Crippen LogP contribution < -0.4 is 10.6 Å². The summed E-state index contributed by atoms with van der Waals surface area (Å²) in [6, 6.07) is 9.07. The molecular weight excluding hydrogens is 526 g/mol. The number of nitrogens with two attached hydrogens (primary N) is 1. The molecule has 0 saturated heterocycles. The number of carbonyl (C=O) groups is 1. The summed E-state index contributed by atoms with van der Waals surface area (Å²) in [5.41, 5.74) is 10.2. The van der Waals surface area contributed by atoms with Crippen molar-refractivity contribution < 1.29 is 22.3 Å². The highest BCUT2D eigenvalue weighted by Crippen LogP contribution is 2.35. The number of thiophene rings is 1. The minimum Gasteiger partial charge on any atom is -0.381 e. The predicted octanol–water partition coefficient (Wildman–Crippen LogP) is 4.73. The van der Waals surface area contributed by atoms with Gasteiger partial charge in [-0.25, -0.2) is 9.97 Å². The van der Waals surface area contributed by atoms with E-state index in [0.29, 0.717) is 48.0 Å². The minimum atomic E-state index is -4.29. The topological polar surface area (TPSA) is 153 Å². The normalized spacial score (nSPS) is 13.2. The number of hydrogen-bond acceptors (Lipinski definition) is 9. The Labute approximate surface area is 225 Å². The first-order valence-electron chi connectivity index (χ1n) is 11.8. The van der Waals surface area contributed by atoms with Crippen LogP contribution in [0.25, 0.3) is 11.1 Å². The van der Waals surface area contributed by atoms with Crippen molar-refractivity contribution in [1.82, 2.24) is 15.1 Å². The van der Waals surface area contributed by atoms with Crippen molar-refractivity contribution in [2.45, 2.75) is 58.2 Å². The summed E-state index contributed by atoms with van der Waals surface area (Å²) < 4.78 is 37.5. The lowest BCUT2D eigenvalue weighted by atomic mass is 10.0. The predicted molar refractivity (Wildman–Crippen MR) is 146 cm³/mol. The Balaban J connectivity index is 0.000000360. The molecule has 0 saturated carbocycles. The van der Waals surface area contributed by atoms with Gasteiger partial charge in [0.15, 0.2) is 10.0 Å². The summed E-state index contributed by atoms with van der Waals surface area (Å²) in [6.07, 6.45) is 1.07. The van der Waals surface area contributed by atoms with E-state index in [0.717, 1.165) is 44.4 Å². The van der Waals surface area contributed by atoms with Crippen molar-refractivity contribution in [1.29, 1.82) is 0 Å². The molecule has 1 aliphatic rings. The van der Waals surface area contributed by atoms with Crippen molar-refractivity contribution >= 4 is 39.0 Å². The lowest BCUT2D eigenvalue weighted by molar-refractivity contribution is -0.119. The van der Waals surface area contributed by atoms with Crippen LogP contribution >= 0.6 is 11.3 Å². The molecule has 0 aliphatic carbocycles. The number of nitrogen functional groups attached to an aromatic ring is 1. The van der Waals surface area contributed by atoms with Crippen molar-refractivity contribution in [2.24, 2.45) is 0 Å². The van der Waals surface area contributed by atoms with Crippen LogP contribution in [-0.4, -0.2) is 34.0 Å². The van der Waals surface area contributed by atoms with Crippen LogP contribution in [0.2, 0.25) is 0 Å². The third-order valence-corrected chi connectivity index (χ3v) is 8.72. The van der Waals surface area contributed by atoms with E-state index in [9.17, 15) is 17.8 Å². The van der Waals surface area contributed by atoms with Crippen molar-refractivity contribution in [3.8, 4) is 11.1 Å². The summed E-state index contributed by atoms with van der Waals surface area (Å²) in [5, 5.41) is 3.52. The molecular formula is C26H29N5O5S2. The van der Waals surface area contributed by atoms with Crippen LogP contribution in [0.4, 0.5) is 11.6 Å². The van der Waals surface area contributed by atoms with Crippen molar-refractivity contribution in [3.63, 3.8) is 0 Å². The number of fused-ring (bicyclic) bond motifs is 1. The number of nitrogens with zero attached hydrogens (tertiary/aromatic N) is 4. The zero-order chi connectivity index (χ0) is 27.8. The Kier molecular flexibility index (Phi) is 7.68. The van der Waals surface area contributed by atoms with Gasteiger partial charge >= 0.3 is 10.1 Å². The lowest BCUT2D eigenvalue weighted by Crippen LogP contribution is -2.36. The Hall–Kier alpha value is -3.61. The molecule has 200 valence electrons. The number of hydrogen-bond donors (Lipinski definition) is 2. The first-order valence-corrected chi connectivity index (χ1v) is 14.1. The lowest BCUT2D eigenvalue weighted by Gasteiger charge is -2.29. The van der Waals surface area contributed by atoms with Gasteiger partial charge < -0.3 is 10.3 Å². The monoisotopic (exact) mass is 555 g/mol. The first kappa shape index (κ1) is 27.4. The van der Waals surface area contributed by atoms with E-state index < -0.39 is 10.1 Å². The molecule has 1 aromatic carbocycles. The van der Waals surface area contributed by atoms with Gasteiger partial charge in [-0.15, -0.1) is 11.3 Å². The standard InChI is InChI=1S/C21H21N3O4S2.C5H8N2O/c1-12-10-18(21(29-12)30(26,27)28)16-6-4-15(5-7-16)11-24-19(25)9-8-17-13(2)22-14(3)23-20(17)24;1-3-4(2)8-7-5(3)6/h4-7,10H,8-9,11H2,1-3H3,(H,26,27,28);1-2H3,(H2,6,7). The number of anilines is 2. The van der Waals surface area contributed by atoms with Gasteiger partial charge in [0, 0.05) is 33.7 Å². The number of aromatic nitrogens is 3. The Morgan fingerprint density at radius 2 is 1.76 bits per heavy atom. The molecule has 4 aromatic rings. The Bertz CT molecular complexity index is 1590. The molecule has 0 spiro atoms. The molecule has 1 amide bonds. The quantitative estimate of drug-likeness (QED) is 0.340. The smallest absolute Gasteiger partial charge is 0.304 e. The molecule has 12 heteroatoms. The molecule has 38 heavy (non-hydrogen) atoms. The zero-order valence-corrected chi connectivity index (χ0v) is 23.4. The minimum absolute atomic E-state index is 0.0196. The maximum atomic E-state index is 12.6. The summed E-state index contributed by atoms with van der Waals surface area (Å²) in [6.45, 7) is 9.62. The molecule has 3 aromatic heterocycles. The maximum Gasteiger partial charge on any atom is 0.304 e. The van der Waals surface area contributed by atoms with Crippen LogP contribution in [0.15, 0.2) is 39.1 Å². The Morgan fingerprint density at radius 3 is 2.32 bits per heavy atom. The third-order valence-electron chi connectivity index (χ3n) is 6.30. The molecule has 5 rings (SSSR count). The number of aryl methyl sites for hydroxylation is 4. The van der Waals surface area contributed by atoms with E-state index in [1.807, 2.05) is 39.8 Å². The first-order chi connectivity index (χ1) is 17.8. The van der Waals surface area contributed by atoms with E-state index >= 15 is 0 Å². The van der Waals surface area contributed by atoms with E-state index in [4.69, 9.17) is 10.3 Å². The molecule has 0 radical (unpaired) electrons. The SMILES string of the molecule is Cc1nc(C)c2c(n1)N(Cc1ccc(-c3cc(C)sc3S(=O)(=O)O)cc1)C(=O)CC2.Cc1onc(N)c1C. The van der Waals surface area contributed by atoms with Crippen LogP contribution in [0.1, 0.15) is 45.3 Å². The molecule has 10 nitrogen and oxygen atoms in total. The van der Waals surface area contributed by atoms with E-state index in [2.05, 4.69) is 15.1 Å². The molecule has 0 bridgehead atoms. The molecule has 1 aliphatic heterocycles. The van der Waals surface area contributed by atoms with Gasteiger partial charge in [0.1, 0.15) is 17.4 Å². The highest BCUT2D eigenvalue weighted by Gasteiger charge is 2.28. The van der Waals surface area contributed by atoms with Crippen LogP contribution in [-0.2, 0) is 27.9 Å². The molecule has 0 fully saturated rings. The number of rotatable bonds is 4. The average molecular weight is 556 g/mol. The summed E-state index contributed by atoms with van der Waals surface area (Å²) in [5.74, 6) is 2.60. The van der Waals surface area contributed by atoms with E-state index in [-0.39, 0.29) is 10.1 Å². The number of benzene rings is 1. The molecule has 0 atom stereocenters. The number of amides is 1. The van der Waals surface area contributed by atoms with Gasteiger partial charge in [-0.2, -0.15) is 8.42 Å². The summed E-state index contributed by atoms with van der Waals surface area (Å²) in [7, 11) is -4.29. The fraction of sp³-hybridized carbons (Fsp3) is 0.308. The molecule has 0 unspecified atom stereocenters. The second-order valence-corrected chi connectivity index (χ2v) is 12.0. The third kappa shape index (κ3) is 5.77. The highest BCUT2D eigenvalue weighted by atomic mass is 32.3. The second kappa shape index (κ2) is 10.6. The maximum absolute atomic E-state index is 12.6. The van der Waals surface area contributed by atoms with Gasteiger partial charge in [-0.3, -0.25) is 14.2 Å². The summed E-state index contributed by atoms with van der Waals surface area (Å²) >= 11 is 1.04. The van der Waals surface area contributed by atoms with Crippen LogP contribution in [0.3, 0.4) is 0 Å². The van der Waals surface area contributed by atoms with Gasteiger partial charge in [0.05, 0.1) is 6.54 Å². The fourth-order valence-electron chi connectivity index (χ4n) is 4.17. The molecule has 3 N–H and O–H groups in total. The van der Waals surface area contributed by atoms with Gasteiger partial charge in [-0.1, -0.05) is 29.4 Å². The molecule has 4 heterocycles. The van der Waals surface area contributed by atoms with Crippen LogP contribution in [0.5, 0.6) is 0 Å². The zero-order valence-electron chi connectivity index (χ0n) is 21.8. The van der Waals surface area contributed by atoms with E-state index in [1.54, 1.807) is 30.0 Å². The Morgan fingerprint density at radius 1 is 1.08 bits per heavy atom.